The topological polar surface area (TPSA) is 3.24 Å². The van der Waals surface area contributed by atoms with Gasteiger partial charge in [-0.15, -0.1) is 0 Å². The lowest BCUT2D eigenvalue weighted by Gasteiger charge is -2.28. The molecule has 3 rings (SSSR count). The Morgan fingerprint density at radius 2 is 1.19 bits per heavy atom. The van der Waals surface area contributed by atoms with Crippen molar-refractivity contribution < 1.29 is 0 Å². The number of hydrogen-bond donors (Lipinski definition) is 0. The normalized spacial score (nSPS) is 12.3. The van der Waals surface area contributed by atoms with Crippen LogP contribution < -0.4 is 3.11 Å². The van der Waals surface area contributed by atoms with E-state index in [1.807, 2.05) is 18.2 Å². The van der Waals surface area contributed by atoms with Gasteiger partial charge in [-0.1, -0.05) is 114 Å². The number of nitrogens with zero attached hydrogens (tertiary/aromatic N) is 1. The van der Waals surface area contributed by atoms with Crippen LogP contribution in [-0.2, 0) is 10.8 Å². The van der Waals surface area contributed by atoms with Crippen molar-refractivity contribution >= 4 is 34.2 Å². The molecule has 0 heterocycles. The Balaban J connectivity index is 1.82. The minimum absolute atomic E-state index is 0.0368. The molecule has 2 heteroatoms. The van der Waals surface area contributed by atoms with Gasteiger partial charge in [-0.2, -0.15) is 0 Å². The first-order chi connectivity index (χ1) is 15.2. The Bertz CT molecular complexity index is 1090. The molecule has 0 bridgehead atoms. The molecule has 0 aromatic heterocycles. The van der Waals surface area contributed by atoms with Crippen LogP contribution in [0.4, 0.5) is 11.4 Å². The molecule has 0 aliphatic rings. The Kier molecular flexibility index (Phi) is 7.45. The Morgan fingerprint density at radius 1 is 0.719 bits per heavy atom. The summed E-state index contributed by atoms with van der Waals surface area (Å²) in [6.45, 7) is 16.8. The van der Waals surface area contributed by atoms with E-state index in [2.05, 4.69) is 146 Å². The lowest BCUT2D eigenvalue weighted by molar-refractivity contribution is 0.640. The van der Waals surface area contributed by atoms with Crippen LogP contribution in [-0.4, -0.2) is 0 Å². The van der Waals surface area contributed by atoms with Gasteiger partial charge in [-0.25, -0.2) is 0 Å². The molecule has 0 saturated carbocycles. The largest absolute Gasteiger partial charge is 0.283 e. The number of allylic oxidation sites excluding steroid dienone is 4. The van der Waals surface area contributed by atoms with Gasteiger partial charge in [-0.3, -0.25) is 3.11 Å². The van der Waals surface area contributed by atoms with E-state index in [0.29, 0.717) is 0 Å². The number of benzene rings is 3. The number of rotatable bonds is 8. The number of halogens is 1. The van der Waals surface area contributed by atoms with Crippen LogP contribution >= 0.6 is 22.9 Å². The van der Waals surface area contributed by atoms with E-state index in [-0.39, 0.29) is 10.8 Å². The van der Waals surface area contributed by atoms with Gasteiger partial charge < -0.3 is 0 Å². The molecule has 0 fully saturated rings. The summed E-state index contributed by atoms with van der Waals surface area (Å²) in [6, 6.07) is 28.3. The van der Waals surface area contributed by atoms with Crippen LogP contribution in [0, 0.1) is 0 Å². The summed E-state index contributed by atoms with van der Waals surface area (Å²) in [4.78, 5) is 0. The standard InChI is InChI=1S/C30H32IN/c1-7-12-23(8-2)29(3,4)25-15-19-27(20-16-25)32(31)28-21-17-26(18-22-28)30(5,6)24-13-10-9-11-14-24/h7-22H,1-2H2,3-6H3/b23-12+. The van der Waals surface area contributed by atoms with Gasteiger partial charge in [0.2, 0.25) is 0 Å². The van der Waals surface area contributed by atoms with E-state index in [1.165, 1.54) is 16.7 Å². The van der Waals surface area contributed by atoms with Crippen LogP contribution in [0.2, 0.25) is 0 Å². The average molecular weight is 533 g/mol. The molecule has 3 aromatic carbocycles. The van der Waals surface area contributed by atoms with Crippen LogP contribution in [0.15, 0.2) is 116 Å². The average Bonchev–Trinajstić information content (AvgIpc) is 2.82. The second-order valence-corrected chi connectivity index (χ2v) is 10.0. The molecular weight excluding hydrogens is 501 g/mol. The summed E-state index contributed by atoms with van der Waals surface area (Å²) in [7, 11) is 0. The molecule has 32 heavy (non-hydrogen) atoms. The van der Waals surface area contributed by atoms with Gasteiger partial charge in [0, 0.05) is 10.8 Å². The van der Waals surface area contributed by atoms with Crippen molar-refractivity contribution in [3.8, 4) is 0 Å². The van der Waals surface area contributed by atoms with E-state index in [9.17, 15) is 0 Å². The van der Waals surface area contributed by atoms with E-state index >= 15 is 0 Å². The summed E-state index contributed by atoms with van der Waals surface area (Å²) >= 11 is 2.38. The molecule has 1 nitrogen and oxygen atoms in total. The van der Waals surface area contributed by atoms with Crippen molar-refractivity contribution in [3.05, 3.63) is 133 Å². The Hall–Kier alpha value is -2.59. The van der Waals surface area contributed by atoms with Gasteiger partial charge in [0.15, 0.2) is 0 Å². The van der Waals surface area contributed by atoms with Crippen molar-refractivity contribution in [1.82, 2.24) is 0 Å². The maximum Gasteiger partial charge on any atom is 0.0646 e. The van der Waals surface area contributed by atoms with E-state index in [4.69, 9.17) is 0 Å². The van der Waals surface area contributed by atoms with Crippen molar-refractivity contribution in [1.29, 1.82) is 0 Å². The molecule has 0 saturated heterocycles. The van der Waals surface area contributed by atoms with Crippen molar-refractivity contribution in [2.45, 2.75) is 38.5 Å². The molecule has 0 N–H and O–H groups in total. The molecular formula is C30H32IN. The summed E-state index contributed by atoms with van der Waals surface area (Å²) < 4.78 is 2.20. The molecule has 0 unspecified atom stereocenters. The third-order valence-electron chi connectivity index (χ3n) is 6.37. The first-order valence-electron chi connectivity index (χ1n) is 10.9. The smallest absolute Gasteiger partial charge is 0.0646 e. The molecule has 0 spiro atoms. The number of hydrogen-bond acceptors (Lipinski definition) is 1. The first-order valence-corrected chi connectivity index (χ1v) is 11.9. The highest BCUT2D eigenvalue weighted by molar-refractivity contribution is 14.1. The number of anilines is 2. The minimum Gasteiger partial charge on any atom is -0.283 e. The first kappa shape index (κ1) is 24.1. The highest BCUT2D eigenvalue weighted by atomic mass is 127. The maximum absolute atomic E-state index is 3.97. The Morgan fingerprint density at radius 3 is 1.66 bits per heavy atom. The fourth-order valence-electron chi connectivity index (χ4n) is 4.01. The van der Waals surface area contributed by atoms with Gasteiger partial charge in [-0.05, 0) is 46.5 Å². The summed E-state index contributed by atoms with van der Waals surface area (Å²) in [5.41, 5.74) is 7.17. The predicted octanol–water partition coefficient (Wildman–Crippen LogP) is 9.08. The van der Waals surface area contributed by atoms with E-state index < -0.39 is 0 Å². The Labute approximate surface area is 207 Å². The molecule has 0 radical (unpaired) electrons. The second kappa shape index (κ2) is 9.91. The lowest BCUT2D eigenvalue weighted by atomic mass is 9.77. The van der Waals surface area contributed by atoms with Gasteiger partial charge >= 0.3 is 0 Å². The van der Waals surface area contributed by atoms with Crippen molar-refractivity contribution in [3.63, 3.8) is 0 Å². The monoisotopic (exact) mass is 533 g/mol. The van der Waals surface area contributed by atoms with Crippen LogP contribution in [0.25, 0.3) is 0 Å². The third-order valence-corrected chi connectivity index (χ3v) is 7.48. The molecule has 0 amide bonds. The van der Waals surface area contributed by atoms with Gasteiger partial charge in [0.25, 0.3) is 0 Å². The van der Waals surface area contributed by atoms with Crippen LogP contribution in [0.3, 0.4) is 0 Å². The zero-order chi connectivity index (χ0) is 23.4. The molecule has 0 aliphatic carbocycles. The quantitative estimate of drug-likeness (QED) is 0.159. The summed E-state index contributed by atoms with van der Waals surface area (Å²) in [6.07, 6.45) is 5.77. The molecule has 0 atom stereocenters. The highest BCUT2D eigenvalue weighted by Gasteiger charge is 2.24. The predicted molar refractivity (Wildman–Crippen MR) is 149 cm³/mol. The maximum atomic E-state index is 3.97. The zero-order valence-electron chi connectivity index (χ0n) is 19.5. The lowest BCUT2D eigenvalue weighted by Crippen LogP contribution is -2.19. The zero-order valence-corrected chi connectivity index (χ0v) is 21.6. The SMILES string of the molecule is C=C/C=C(\C=C)C(C)(C)c1ccc(N(I)c2ccc(C(C)(C)c3ccccc3)cc2)cc1. The molecule has 164 valence electrons. The molecule has 3 aromatic rings. The minimum atomic E-state index is -0.130. The van der Waals surface area contributed by atoms with Gasteiger partial charge in [0.05, 0.1) is 34.2 Å². The van der Waals surface area contributed by atoms with Crippen LogP contribution in [0.1, 0.15) is 44.4 Å². The van der Waals surface area contributed by atoms with Gasteiger partial charge in [0.1, 0.15) is 0 Å². The highest BCUT2D eigenvalue weighted by Crippen LogP contribution is 2.37. The van der Waals surface area contributed by atoms with Crippen LogP contribution in [0.5, 0.6) is 0 Å². The summed E-state index contributed by atoms with van der Waals surface area (Å²) in [5, 5.41) is 0. The van der Waals surface area contributed by atoms with E-state index in [1.54, 1.807) is 0 Å². The van der Waals surface area contributed by atoms with Crippen molar-refractivity contribution in [2.24, 2.45) is 0 Å². The molecule has 0 aliphatic heterocycles. The third kappa shape index (κ3) is 4.91. The van der Waals surface area contributed by atoms with E-state index in [0.717, 1.165) is 16.9 Å². The van der Waals surface area contributed by atoms with Crippen molar-refractivity contribution in [2.75, 3.05) is 3.11 Å². The second-order valence-electron chi connectivity index (χ2n) is 9.05. The summed E-state index contributed by atoms with van der Waals surface area (Å²) in [5.74, 6) is 0. The fraction of sp³-hybridized carbons (Fsp3) is 0.200. The fourth-order valence-corrected chi connectivity index (χ4v) is 4.66.